The van der Waals surface area contributed by atoms with Gasteiger partial charge in [-0.2, -0.15) is 13.2 Å². The van der Waals surface area contributed by atoms with E-state index in [2.05, 4.69) is 0 Å². The molecule has 0 heterocycles. The van der Waals surface area contributed by atoms with Gasteiger partial charge in [0.2, 0.25) is 5.91 Å². The molecule has 0 aliphatic heterocycles. The number of benzene rings is 1. The number of nitrogens with two attached hydrogens (primary N) is 1. The molecular formula is C11H9F4NO. The maximum Gasteiger partial charge on any atom is 0.417 e. The van der Waals surface area contributed by atoms with E-state index in [9.17, 15) is 22.4 Å². The summed E-state index contributed by atoms with van der Waals surface area (Å²) in [5, 5.41) is 0. The molecular weight excluding hydrogens is 238 g/mol. The van der Waals surface area contributed by atoms with Crippen molar-refractivity contribution in [2.75, 3.05) is 0 Å². The summed E-state index contributed by atoms with van der Waals surface area (Å²) in [5.74, 6) is -1.62. The van der Waals surface area contributed by atoms with Crippen LogP contribution in [0.25, 0.3) is 6.08 Å². The summed E-state index contributed by atoms with van der Waals surface area (Å²) in [5.41, 5.74) is 3.54. The Morgan fingerprint density at radius 2 is 2.00 bits per heavy atom. The van der Waals surface area contributed by atoms with Crippen LogP contribution in [-0.2, 0) is 11.0 Å². The lowest BCUT2D eigenvalue weighted by Gasteiger charge is -2.10. The zero-order valence-corrected chi connectivity index (χ0v) is 8.59. The predicted octanol–water partition coefficient (Wildman–Crippen LogP) is 2.73. The van der Waals surface area contributed by atoms with Gasteiger partial charge in [-0.05, 0) is 17.7 Å². The summed E-state index contributed by atoms with van der Waals surface area (Å²) in [6, 6.07) is 2.32. The molecule has 0 radical (unpaired) electrons. The normalized spacial score (nSPS) is 12.0. The minimum Gasteiger partial charge on any atom is -0.369 e. The van der Waals surface area contributed by atoms with Crippen molar-refractivity contribution < 1.29 is 22.4 Å². The Morgan fingerprint density at radius 1 is 1.35 bits per heavy atom. The maximum atomic E-state index is 12.7. The molecule has 0 aromatic heterocycles. The molecule has 1 aromatic carbocycles. The minimum atomic E-state index is -4.64. The topological polar surface area (TPSA) is 43.1 Å². The summed E-state index contributed by atoms with van der Waals surface area (Å²) >= 11 is 0. The van der Waals surface area contributed by atoms with Crippen molar-refractivity contribution in [3.8, 4) is 0 Å². The molecule has 2 N–H and O–H groups in total. The van der Waals surface area contributed by atoms with Crippen LogP contribution in [0.1, 0.15) is 17.5 Å². The second-order valence-corrected chi connectivity index (χ2v) is 3.30. The lowest BCUT2D eigenvalue weighted by atomic mass is 10.1. The third kappa shape index (κ3) is 3.90. The summed E-state index contributed by atoms with van der Waals surface area (Å²) < 4.78 is 50.3. The first kappa shape index (κ1) is 13.2. The number of hydrogen-bond acceptors (Lipinski definition) is 1. The van der Waals surface area contributed by atoms with Gasteiger partial charge in [0.25, 0.3) is 0 Å². The number of amides is 1. The van der Waals surface area contributed by atoms with Gasteiger partial charge in [-0.25, -0.2) is 4.39 Å². The third-order valence-corrected chi connectivity index (χ3v) is 1.94. The van der Waals surface area contributed by atoms with Gasteiger partial charge in [0.05, 0.1) is 5.56 Å². The fourth-order valence-electron chi connectivity index (χ4n) is 1.22. The zero-order valence-electron chi connectivity index (χ0n) is 8.59. The molecule has 1 amide bonds. The Balaban J connectivity index is 3.07. The van der Waals surface area contributed by atoms with Crippen LogP contribution in [0.2, 0.25) is 0 Å². The van der Waals surface area contributed by atoms with E-state index in [4.69, 9.17) is 5.73 Å². The van der Waals surface area contributed by atoms with Crippen molar-refractivity contribution in [3.05, 3.63) is 41.2 Å². The number of carbonyl (C=O) groups is 1. The van der Waals surface area contributed by atoms with Crippen molar-refractivity contribution in [2.45, 2.75) is 12.6 Å². The minimum absolute atomic E-state index is 0.172. The van der Waals surface area contributed by atoms with Gasteiger partial charge in [-0.1, -0.05) is 18.2 Å². The number of alkyl halides is 3. The highest BCUT2D eigenvalue weighted by Crippen LogP contribution is 2.33. The molecule has 17 heavy (non-hydrogen) atoms. The highest BCUT2D eigenvalue weighted by atomic mass is 19.4. The molecule has 0 atom stereocenters. The molecule has 0 fully saturated rings. The highest BCUT2D eigenvalue weighted by molar-refractivity contribution is 5.76. The molecule has 2 nitrogen and oxygen atoms in total. The van der Waals surface area contributed by atoms with E-state index in [0.29, 0.717) is 6.07 Å². The van der Waals surface area contributed by atoms with E-state index in [1.54, 1.807) is 0 Å². The highest BCUT2D eigenvalue weighted by Gasteiger charge is 2.33. The molecule has 92 valence electrons. The van der Waals surface area contributed by atoms with Crippen molar-refractivity contribution >= 4 is 12.0 Å². The van der Waals surface area contributed by atoms with Gasteiger partial charge < -0.3 is 5.73 Å². The van der Waals surface area contributed by atoms with Gasteiger partial charge in [-0.3, -0.25) is 4.79 Å². The second-order valence-electron chi connectivity index (χ2n) is 3.30. The maximum absolute atomic E-state index is 12.7. The smallest absolute Gasteiger partial charge is 0.369 e. The van der Waals surface area contributed by atoms with E-state index in [0.717, 1.165) is 18.2 Å². The van der Waals surface area contributed by atoms with E-state index in [1.165, 1.54) is 6.08 Å². The fraction of sp³-hybridized carbons (Fsp3) is 0.182. The molecule has 0 aliphatic rings. The van der Waals surface area contributed by atoms with Gasteiger partial charge in [0, 0.05) is 6.42 Å². The Morgan fingerprint density at radius 3 is 2.53 bits per heavy atom. The van der Waals surface area contributed by atoms with E-state index in [1.807, 2.05) is 0 Å². The summed E-state index contributed by atoms with van der Waals surface area (Å²) in [6.45, 7) is 0. The SMILES string of the molecule is NC(=O)CC=Cc1ccc(F)cc1C(F)(F)F. The largest absolute Gasteiger partial charge is 0.417 e. The van der Waals surface area contributed by atoms with Crippen LogP contribution >= 0.6 is 0 Å². The summed E-state index contributed by atoms with van der Waals surface area (Å²) in [4.78, 5) is 10.4. The van der Waals surface area contributed by atoms with Crippen molar-refractivity contribution in [1.82, 2.24) is 0 Å². The number of halogens is 4. The number of carbonyl (C=O) groups excluding carboxylic acids is 1. The summed E-state index contributed by atoms with van der Waals surface area (Å²) in [6.07, 6.45) is -2.53. The number of rotatable bonds is 3. The second kappa shape index (κ2) is 4.99. The first-order valence-electron chi connectivity index (χ1n) is 4.62. The lowest BCUT2D eigenvalue weighted by molar-refractivity contribution is -0.137. The molecule has 1 aromatic rings. The van der Waals surface area contributed by atoms with Crippen LogP contribution in [0.4, 0.5) is 17.6 Å². The number of primary amides is 1. The first-order chi connectivity index (χ1) is 7.80. The van der Waals surface area contributed by atoms with Gasteiger partial charge >= 0.3 is 6.18 Å². The lowest BCUT2D eigenvalue weighted by Crippen LogP contribution is -2.09. The molecule has 1 rings (SSSR count). The third-order valence-electron chi connectivity index (χ3n) is 1.94. The van der Waals surface area contributed by atoms with Gasteiger partial charge in [0.15, 0.2) is 0 Å². The molecule has 6 heteroatoms. The van der Waals surface area contributed by atoms with Crippen molar-refractivity contribution in [1.29, 1.82) is 0 Å². The monoisotopic (exact) mass is 247 g/mol. The zero-order chi connectivity index (χ0) is 13.1. The average molecular weight is 247 g/mol. The van der Waals surface area contributed by atoms with E-state index < -0.39 is 23.5 Å². The molecule has 0 spiro atoms. The molecule has 0 saturated heterocycles. The molecule has 0 unspecified atom stereocenters. The Hall–Kier alpha value is -1.85. The van der Waals surface area contributed by atoms with Gasteiger partial charge in [-0.15, -0.1) is 0 Å². The first-order valence-corrected chi connectivity index (χ1v) is 4.62. The van der Waals surface area contributed by atoms with Crippen LogP contribution < -0.4 is 5.73 Å². The van der Waals surface area contributed by atoms with Crippen LogP contribution in [0, 0.1) is 5.82 Å². The Bertz CT molecular complexity index is 451. The van der Waals surface area contributed by atoms with E-state index >= 15 is 0 Å². The summed E-state index contributed by atoms with van der Waals surface area (Å²) in [7, 11) is 0. The molecule has 0 bridgehead atoms. The quantitative estimate of drug-likeness (QED) is 0.820. The van der Waals surface area contributed by atoms with E-state index in [-0.39, 0.29) is 12.0 Å². The van der Waals surface area contributed by atoms with Crippen LogP contribution in [0.15, 0.2) is 24.3 Å². The van der Waals surface area contributed by atoms with Crippen LogP contribution in [-0.4, -0.2) is 5.91 Å². The number of hydrogen-bond donors (Lipinski definition) is 1. The Kier molecular flexibility index (Phi) is 3.88. The molecule has 0 saturated carbocycles. The fourth-order valence-corrected chi connectivity index (χ4v) is 1.22. The average Bonchev–Trinajstić information content (AvgIpc) is 2.18. The van der Waals surface area contributed by atoms with Gasteiger partial charge in [0.1, 0.15) is 5.82 Å². The molecule has 0 aliphatic carbocycles. The van der Waals surface area contributed by atoms with Crippen molar-refractivity contribution in [2.24, 2.45) is 5.73 Å². The Labute approximate surface area is 94.7 Å². The van der Waals surface area contributed by atoms with Crippen molar-refractivity contribution in [3.63, 3.8) is 0 Å². The van der Waals surface area contributed by atoms with Crippen LogP contribution in [0.5, 0.6) is 0 Å². The standard InChI is InChI=1S/C11H9F4NO/c12-8-5-4-7(2-1-3-10(16)17)9(6-8)11(13,14)15/h1-2,4-6H,3H2,(H2,16,17). The van der Waals surface area contributed by atoms with Crippen LogP contribution in [0.3, 0.4) is 0 Å². The predicted molar refractivity (Wildman–Crippen MR) is 54.2 cm³/mol.